The molecule has 1 atom stereocenters. The molecule has 0 aliphatic heterocycles. The fraction of sp³-hybridized carbons (Fsp3) is 0.217. The third-order valence-corrected chi connectivity index (χ3v) is 4.41. The van der Waals surface area contributed by atoms with Crippen LogP contribution in [0.5, 0.6) is 17.2 Å². The molecule has 140 valence electrons. The molecule has 0 heterocycles. The van der Waals surface area contributed by atoms with E-state index in [9.17, 15) is 10.2 Å². The Morgan fingerprint density at radius 3 is 2.30 bits per heavy atom. The molecule has 0 aliphatic rings. The van der Waals surface area contributed by atoms with E-state index in [2.05, 4.69) is 12.1 Å². The van der Waals surface area contributed by atoms with Gasteiger partial charge >= 0.3 is 0 Å². The molecule has 0 saturated heterocycles. The molecule has 0 saturated carbocycles. The molecular formula is C23H24O4. The maximum Gasteiger partial charge on any atom is 0.160 e. The van der Waals surface area contributed by atoms with E-state index >= 15 is 0 Å². The van der Waals surface area contributed by atoms with E-state index in [4.69, 9.17) is 9.47 Å². The maximum absolute atomic E-state index is 10.2. The SMILES string of the molecule is COc1cc(CCC(O)COc2ccc(-c3ccccc3)cc2)ccc1O. The molecule has 0 amide bonds. The van der Waals surface area contributed by atoms with Crippen LogP contribution in [-0.4, -0.2) is 30.0 Å². The Morgan fingerprint density at radius 1 is 0.889 bits per heavy atom. The van der Waals surface area contributed by atoms with Crippen LogP contribution in [0.3, 0.4) is 0 Å². The van der Waals surface area contributed by atoms with Gasteiger partial charge in [0.15, 0.2) is 11.5 Å². The van der Waals surface area contributed by atoms with Crippen LogP contribution in [0.25, 0.3) is 11.1 Å². The lowest BCUT2D eigenvalue weighted by Crippen LogP contribution is -2.18. The van der Waals surface area contributed by atoms with Crippen molar-refractivity contribution >= 4 is 0 Å². The monoisotopic (exact) mass is 364 g/mol. The molecule has 3 aromatic rings. The van der Waals surface area contributed by atoms with Gasteiger partial charge < -0.3 is 19.7 Å². The van der Waals surface area contributed by atoms with Crippen molar-refractivity contribution < 1.29 is 19.7 Å². The number of ether oxygens (including phenoxy) is 2. The second-order valence-electron chi connectivity index (χ2n) is 6.40. The van der Waals surface area contributed by atoms with Crippen LogP contribution < -0.4 is 9.47 Å². The predicted octanol–water partition coefficient (Wildman–Crippen LogP) is 4.44. The molecular weight excluding hydrogens is 340 g/mol. The highest BCUT2D eigenvalue weighted by Crippen LogP contribution is 2.27. The number of aliphatic hydroxyl groups excluding tert-OH is 1. The Morgan fingerprint density at radius 2 is 1.59 bits per heavy atom. The van der Waals surface area contributed by atoms with E-state index in [1.54, 1.807) is 12.1 Å². The molecule has 4 heteroatoms. The summed E-state index contributed by atoms with van der Waals surface area (Å²) in [5.41, 5.74) is 3.29. The molecule has 3 aromatic carbocycles. The van der Waals surface area contributed by atoms with E-state index in [1.165, 1.54) is 7.11 Å². The number of phenols is 1. The van der Waals surface area contributed by atoms with Crippen molar-refractivity contribution in [3.8, 4) is 28.4 Å². The summed E-state index contributed by atoms with van der Waals surface area (Å²) in [4.78, 5) is 0. The lowest BCUT2D eigenvalue weighted by molar-refractivity contribution is 0.100. The molecule has 0 spiro atoms. The Labute approximate surface area is 159 Å². The van der Waals surface area contributed by atoms with E-state index in [-0.39, 0.29) is 12.4 Å². The normalized spacial score (nSPS) is 11.8. The molecule has 0 radical (unpaired) electrons. The summed E-state index contributed by atoms with van der Waals surface area (Å²) in [6.45, 7) is 0.236. The molecule has 27 heavy (non-hydrogen) atoms. The van der Waals surface area contributed by atoms with Gasteiger partial charge in [-0.3, -0.25) is 0 Å². The van der Waals surface area contributed by atoms with Crippen molar-refractivity contribution in [2.24, 2.45) is 0 Å². The van der Waals surface area contributed by atoms with Crippen LogP contribution in [0, 0.1) is 0 Å². The zero-order chi connectivity index (χ0) is 19.1. The van der Waals surface area contributed by atoms with Gasteiger partial charge in [-0.1, -0.05) is 48.5 Å². The second kappa shape index (κ2) is 9.10. The van der Waals surface area contributed by atoms with Crippen molar-refractivity contribution in [3.63, 3.8) is 0 Å². The maximum atomic E-state index is 10.2. The largest absolute Gasteiger partial charge is 0.504 e. The fourth-order valence-corrected chi connectivity index (χ4v) is 2.86. The third-order valence-electron chi connectivity index (χ3n) is 4.41. The van der Waals surface area contributed by atoms with E-state index in [0.29, 0.717) is 18.6 Å². The zero-order valence-electron chi connectivity index (χ0n) is 15.3. The van der Waals surface area contributed by atoms with Gasteiger partial charge in [-0.2, -0.15) is 0 Å². The number of aromatic hydroxyl groups is 1. The number of aryl methyl sites for hydroxylation is 1. The molecule has 0 aromatic heterocycles. The average molecular weight is 364 g/mol. The summed E-state index contributed by atoms with van der Waals surface area (Å²) in [5.74, 6) is 1.29. The summed E-state index contributed by atoms with van der Waals surface area (Å²) in [7, 11) is 1.52. The summed E-state index contributed by atoms with van der Waals surface area (Å²) in [5, 5.41) is 19.8. The van der Waals surface area contributed by atoms with Gasteiger partial charge in [0.25, 0.3) is 0 Å². The number of hydrogen-bond donors (Lipinski definition) is 2. The van der Waals surface area contributed by atoms with Crippen molar-refractivity contribution in [2.75, 3.05) is 13.7 Å². The number of phenolic OH excluding ortho intramolecular Hbond substituents is 1. The van der Waals surface area contributed by atoms with Crippen LogP contribution in [0.4, 0.5) is 0 Å². The number of hydrogen-bond acceptors (Lipinski definition) is 4. The third kappa shape index (κ3) is 5.25. The van der Waals surface area contributed by atoms with Gasteiger partial charge in [0.1, 0.15) is 12.4 Å². The van der Waals surface area contributed by atoms with Gasteiger partial charge in [0, 0.05) is 0 Å². The molecule has 1 unspecified atom stereocenters. The van der Waals surface area contributed by atoms with Crippen LogP contribution >= 0.6 is 0 Å². The van der Waals surface area contributed by atoms with Gasteiger partial charge in [-0.25, -0.2) is 0 Å². The highest BCUT2D eigenvalue weighted by atomic mass is 16.5. The summed E-state index contributed by atoms with van der Waals surface area (Å²) >= 11 is 0. The minimum atomic E-state index is -0.571. The first kappa shape index (κ1) is 18.8. The van der Waals surface area contributed by atoms with Crippen LogP contribution in [0.2, 0.25) is 0 Å². The first-order valence-corrected chi connectivity index (χ1v) is 8.98. The fourth-order valence-electron chi connectivity index (χ4n) is 2.86. The highest BCUT2D eigenvalue weighted by Gasteiger charge is 2.08. The van der Waals surface area contributed by atoms with Crippen molar-refractivity contribution in [3.05, 3.63) is 78.4 Å². The number of rotatable bonds is 8. The topological polar surface area (TPSA) is 58.9 Å². The Balaban J connectivity index is 1.48. The quantitative estimate of drug-likeness (QED) is 0.620. The van der Waals surface area contributed by atoms with Gasteiger partial charge in [0.05, 0.1) is 13.2 Å². The van der Waals surface area contributed by atoms with Crippen molar-refractivity contribution in [2.45, 2.75) is 18.9 Å². The smallest absolute Gasteiger partial charge is 0.160 e. The average Bonchev–Trinajstić information content (AvgIpc) is 2.72. The Kier molecular flexibility index (Phi) is 6.34. The standard InChI is InChI=1S/C23H24O4/c1-26-23-15-17(8-14-22(23)25)7-11-20(24)16-27-21-12-9-19(10-13-21)18-5-3-2-4-6-18/h2-6,8-10,12-15,20,24-25H,7,11,16H2,1H3. The van der Waals surface area contributed by atoms with Crippen molar-refractivity contribution in [1.82, 2.24) is 0 Å². The zero-order valence-corrected chi connectivity index (χ0v) is 15.3. The van der Waals surface area contributed by atoms with Gasteiger partial charge in [-0.05, 0) is 53.8 Å². The molecule has 0 bridgehead atoms. The Bertz CT molecular complexity index is 844. The number of aliphatic hydroxyl groups is 1. The molecule has 0 aliphatic carbocycles. The number of methoxy groups -OCH3 is 1. The first-order chi connectivity index (χ1) is 13.2. The summed E-state index contributed by atoms with van der Waals surface area (Å²) < 4.78 is 10.8. The minimum absolute atomic E-state index is 0.115. The van der Waals surface area contributed by atoms with Gasteiger partial charge in [-0.15, -0.1) is 0 Å². The summed E-state index contributed by atoms with van der Waals surface area (Å²) in [6.07, 6.45) is 0.669. The lowest BCUT2D eigenvalue weighted by Gasteiger charge is -2.13. The second-order valence-corrected chi connectivity index (χ2v) is 6.40. The van der Waals surface area contributed by atoms with Gasteiger partial charge in [0.2, 0.25) is 0 Å². The van der Waals surface area contributed by atoms with Crippen LogP contribution in [0.1, 0.15) is 12.0 Å². The molecule has 2 N–H and O–H groups in total. The lowest BCUT2D eigenvalue weighted by atomic mass is 10.1. The van der Waals surface area contributed by atoms with E-state index < -0.39 is 6.10 Å². The van der Waals surface area contributed by atoms with Crippen LogP contribution in [-0.2, 0) is 6.42 Å². The van der Waals surface area contributed by atoms with Crippen LogP contribution in [0.15, 0.2) is 72.8 Å². The van der Waals surface area contributed by atoms with E-state index in [1.807, 2.05) is 48.5 Å². The minimum Gasteiger partial charge on any atom is -0.504 e. The molecule has 4 nitrogen and oxygen atoms in total. The van der Waals surface area contributed by atoms with E-state index in [0.717, 1.165) is 22.4 Å². The predicted molar refractivity (Wildman–Crippen MR) is 106 cm³/mol. The summed E-state index contributed by atoms with van der Waals surface area (Å²) in [6, 6.07) is 23.2. The number of benzene rings is 3. The van der Waals surface area contributed by atoms with Crippen molar-refractivity contribution in [1.29, 1.82) is 0 Å². The Hall–Kier alpha value is -2.98. The highest BCUT2D eigenvalue weighted by molar-refractivity contribution is 5.63. The molecule has 0 fully saturated rings. The molecule has 3 rings (SSSR count). The first-order valence-electron chi connectivity index (χ1n) is 8.98.